The monoisotopic (exact) mass is 589 g/mol. The summed E-state index contributed by atoms with van der Waals surface area (Å²) in [5.74, 6) is -2.60. The zero-order chi connectivity index (χ0) is 29.6. The largest absolute Gasteiger partial charge is 0.394 e. The maximum Gasteiger partial charge on any atom is 0.253 e. The van der Waals surface area contributed by atoms with Crippen molar-refractivity contribution in [2.45, 2.75) is 50.0 Å². The minimum absolute atomic E-state index is 0.139. The Kier molecular flexibility index (Phi) is 7.50. The highest BCUT2D eigenvalue weighted by molar-refractivity contribution is 6.30. The number of halogens is 1. The summed E-state index contributed by atoms with van der Waals surface area (Å²) in [6.45, 7) is 4.83. The van der Waals surface area contributed by atoms with Crippen LogP contribution >= 0.6 is 11.6 Å². The van der Waals surface area contributed by atoms with Gasteiger partial charge in [-0.2, -0.15) is 0 Å². The molecule has 6 rings (SSSR count). The number of carbonyl (C=O) groups is 3. The number of nitrogens with zero attached hydrogens (tertiary/aromatic N) is 3. The molecule has 9 heteroatoms. The molecular weight excluding hydrogens is 554 g/mol. The third-order valence-electron chi connectivity index (χ3n) is 9.29. The molecule has 0 saturated carbocycles. The molecule has 4 heterocycles. The summed E-state index contributed by atoms with van der Waals surface area (Å²) in [7, 11) is 0. The molecule has 2 aromatic carbocycles. The summed E-state index contributed by atoms with van der Waals surface area (Å²) in [5.41, 5.74) is -1.13. The molecule has 8 nitrogen and oxygen atoms in total. The van der Waals surface area contributed by atoms with Crippen LogP contribution in [0.1, 0.15) is 38.3 Å². The van der Waals surface area contributed by atoms with Gasteiger partial charge in [-0.3, -0.25) is 14.4 Å². The van der Waals surface area contributed by atoms with Gasteiger partial charge >= 0.3 is 0 Å². The van der Waals surface area contributed by atoms with Gasteiger partial charge in [-0.05, 0) is 42.7 Å². The highest BCUT2D eigenvalue weighted by atomic mass is 35.5. The molecule has 2 saturated heterocycles. The van der Waals surface area contributed by atoms with Gasteiger partial charge in [0.25, 0.3) is 5.91 Å². The molecule has 1 unspecified atom stereocenters. The molecule has 1 N–H and O–H groups in total. The molecule has 1 spiro atoms. The SMILES string of the molecule is CCCN1CC=C[C@]2(CC)O[C@]34C=CCN(c5ccc(Cl)cc5)C(=O)C3N([C@H](CO)c3ccccc3)C(=O)[C@@H]4[C@@H]2C1=O. The minimum atomic E-state index is -1.41. The molecule has 2 aromatic rings. The van der Waals surface area contributed by atoms with Gasteiger partial charge in [0.1, 0.15) is 11.6 Å². The topological polar surface area (TPSA) is 90.4 Å². The summed E-state index contributed by atoms with van der Waals surface area (Å²) in [6, 6.07) is 14.3. The number of rotatable bonds is 7. The molecule has 42 heavy (non-hydrogen) atoms. The molecule has 0 aliphatic carbocycles. The number of anilines is 1. The van der Waals surface area contributed by atoms with Crippen LogP contribution in [0.4, 0.5) is 5.69 Å². The number of hydrogen-bond acceptors (Lipinski definition) is 5. The van der Waals surface area contributed by atoms with Crippen LogP contribution in [0.5, 0.6) is 0 Å². The van der Waals surface area contributed by atoms with E-state index in [1.54, 1.807) is 34.1 Å². The molecule has 2 fully saturated rings. The Morgan fingerprint density at radius 1 is 0.929 bits per heavy atom. The van der Waals surface area contributed by atoms with Crippen LogP contribution in [0, 0.1) is 11.8 Å². The van der Waals surface area contributed by atoms with Crippen molar-refractivity contribution in [3.63, 3.8) is 0 Å². The van der Waals surface area contributed by atoms with Gasteiger partial charge in [0.2, 0.25) is 11.8 Å². The number of aliphatic hydroxyl groups excluding tert-OH is 1. The van der Waals surface area contributed by atoms with E-state index in [4.69, 9.17) is 16.3 Å². The van der Waals surface area contributed by atoms with Crippen molar-refractivity contribution in [2.24, 2.45) is 11.8 Å². The van der Waals surface area contributed by atoms with Crippen molar-refractivity contribution in [2.75, 3.05) is 31.1 Å². The fourth-order valence-corrected chi connectivity index (χ4v) is 7.57. The van der Waals surface area contributed by atoms with Gasteiger partial charge in [-0.15, -0.1) is 0 Å². The molecule has 0 bridgehead atoms. The van der Waals surface area contributed by atoms with Crippen molar-refractivity contribution in [1.29, 1.82) is 0 Å². The first-order chi connectivity index (χ1) is 20.3. The van der Waals surface area contributed by atoms with Gasteiger partial charge in [0.15, 0.2) is 0 Å². The number of aliphatic hydroxyl groups is 1. The second-order valence-electron chi connectivity index (χ2n) is 11.5. The summed E-state index contributed by atoms with van der Waals surface area (Å²) in [6.07, 6.45) is 8.83. The van der Waals surface area contributed by atoms with Crippen molar-refractivity contribution in [1.82, 2.24) is 9.80 Å². The first-order valence-corrected chi connectivity index (χ1v) is 15.1. The summed E-state index contributed by atoms with van der Waals surface area (Å²) < 4.78 is 7.05. The number of carbonyl (C=O) groups excluding carboxylic acids is 3. The van der Waals surface area contributed by atoms with Crippen LogP contribution in [0.3, 0.4) is 0 Å². The predicted octanol–water partition coefficient (Wildman–Crippen LogP) is 4.15. The Hall–Kier alpha value is -3.46. The minimum Gasteiger partial charge on any atom is -0.394 e. The number of likely N-dealkylation sites (tertiary alicyclic amines) is 1. The van der Waals surface area contributed by atoms with Gasteiger partial charge in [0, 0.05) is 30.3 Å². The highest BCUT2D eigenvalue weighted by Crippen LogP contribution is 2.59. The predicted molar refractivity (Wildman–Crippen MR) is 160 cm³/mol. The average molecular weight is 590 g/mol. The second-order valence-corrected chi connectivity index (χ2v) is 11.9. The van der Waals surface area contributed by atoms with Crippen molar-refractivity contribution in [3.8, 4) is 0 Å². The van der Waals surface area contributed by atoms with E-state index in [1.165, 1.54) is 4.90 Å². The Morgan fingerprint density at radius 2 is 1.64 bits per heavy atom. The number of amides is 3. The fraction of sp³-hybridized carbons (Fsp3) is 0.424. The highest BCUT2D eigenvalue weighted by Gasteiger charge is 2.76. The van der Waals surface area contributed by atoms with E-state index in [-0.39, 0.29) is 24.3 Å². The van der Waals surface area contributed by atoms with Crippen LogP contribution in [0.25, 0.3) is 0 Å². The van der Waals surface area contributed by atoms with E-state index in [9.17, 15) is 19.5 Å². The summed E-state index contributed by atoms with van der Waals surface area (Å²) >= 11 is 6.15. The lowest BCUT2D eigenvalue weighted by atomic mass is 9.73. The lowest BCUT2D eigenvalue weighted by molar-refractivity contribution is -0.152. The molecule has 220 valence electrons. The van der Waals surface area contributed by atoms with Crippen molar-refractivity contribution in [3.05, 3.63) is 89.5 Å². The number of hydrogen-bond donors (Lipinski definition) is 1. The third-order valence-corrected chi connectivity index (χ3v) is 9.54. The molecular formula is C33H36ClN3O5. The van der Waals surface area contributed by atoms with Gasteiger partial charge < -0.3 is 24.5 Å². The van der Waals surface area contributed by atoms with Crippen LogP contribution < -0.4 is 4.90 Å². The molecule has 0 radical (unpaired) electrons. The first-order valence-electron chi connectivity index (χ1n) is 14.7. The van der Waals surface area contributed by atoms with E-state index in [0.29, 0.717) is 35.8 Å². The molecule has 3 amide bonds. The van der Waals surface area contributed by atoms with Gasteiger partial charge in [-0.1, -0.05) is 80.1 Å². The zero-order valence-electron chi connectivity index (χ0n) is 23.9. The molecule has 6 atom stereocenters. The number of ether oxygens (including phenoxy) is 1. The maximum absolute atomic E-state index is 14.8. The van der Waals surface area contributed by atoms with Crippen LogP contribution in [-0.2, 0) is 19.1 Å². The van der Waals surface area contributed by atoms with E-state index < -0.39 is 41.7 Å². The van der Waals surface area contributed by atoms with Crippen molar-refractivity contribution >= 4 is 35.0 Å². The van der Waals surface area contributed by atoms with Gasteiger partial charge in [0.05, 0.1) is 30.1 Å². The van der Waals surface area contributed by atoms with E-state index in [2.05, 4.69) is 0 Å². The maximum atomic E-state index is 14.8. The lowest BCUT2D eigenvalue weighted by Gasteiger charge is -2.41. The normalized spacial score (nSPS) is 31.1. The molecule has 0 aromatic heterocycles. The Bertz CT molecular complexity index is 1430. The van der Waals surface area contributed by atoms with Gasteiger partial charge in [-0.25, -0.2) is 0 Å². The van der Waals surface area contributed by atoms with Crippen molar-refractivity contribution < 1.29 is 24.2 Å². The zero-order valence-corrected chi connectivity index (χ0v) is 24.6. The van der Waals surface area contributed by atoms with E-state index in [1.807, 2.05) is 68.5 Å². The lowest BCUT2D eigenvalue weighted by Crippen LogP contribution is -2.57. The number of benzene rings is 2. The Labute approximate surface area is 251 Å². The number of fused-ring (bicyclic) bond motifs is 2. The van der Waals surface area contributed by atoms with Crippen LogP contribution in [-0.4, -0.2) is 76.1 Å². The van der Waals surface area contributed by atoms with E-state index >= 15 is 0 Å². The smallest absolute Gasteiger partial charge is 0.253 e. The standard InChI is InChI=1S/C33H36ClN3O5/c1-3-18-35-19-8-16-32(4-2)26(29(35)39)27-30(40)37(25(21-38)22-10-6-5-7-11-22)28-31(41)36(20-9-17-33(27,28)42-32)24-14-12-23(34)13-15-24/h5-17,25-28,38H,3-4,18-21H2,1-2H3/t25-,26-,27+,28?,32+,33+/m1/s1. The molecule has 4 aliphatic heterocycles. The fourth-order valence-electron chi connectivity index (χ4n) is 7.44. The Balaban J connectivity index is 1.54. The quantitative estimate of drug-likeness (QED) is 0.490. The summed E-state index contributed by atoms with van der Waals surface area (Å²) in [4.78, 5) is 48.8. The first kappa shape index (κ1) is 28.6. The average Bonchev–Trinajstić information content (AvgIpc) is 3.29. The third kappa shape index (κ3) is 4.22. The Morgan fingerprint density at radius 3 is 2.31 bits per heavy atom. The van der Waals surface area contributed by atoms with Crippen LogP contribution in [0.2, 0.25) is 5.02 Å². The van der Waals surface area contributed by atoms with E-state index in [0.717, 1.165) is 6.42 Å². The summed E-state index contributed by atoms with van der Waals surface area (Å²) in [5, 5.41) is 11.3. The molecule has 4 aliphatic rings. The van der Waals surface area contributed by atoms with Crippen LogP contribution in [0.15, 0.2) is 78.9 Å². The second kappa shape index (κ2) is 11.0.